The number of rotatable bonds is 5. The van der Waals surface area contributed by atoms with Crippen molar-refractivity contribution in [1.29, 1.82) is 0 Å². The van der Waals surface area contributed by atoms with Crippen molar-refractivity contribution in [1.82, 2.24) is 10.2 Å². The van der Waals surface area contributed by atoms with E-state index in [2.05, 4.69) is 37.2 Å². The highest BCUT2D eigenvalue weighted by atomic mass is 79.9. The van der Waals surface area contributed by atoms with E-state index in [0.29, 0.717) is 18.4 Å². The lowest BCUT2D eigenvalue weighted by Gasteiger charge is -2.29. The van der Waals surface area contributed by atoms with Gasteiger partial charge in [0.2, 0.25) is 0 Å². The number of hydrogen-bond donors (Lipinski definition) is 1. The molecular weight excluding hydrogens is 700 g/mol. The third kappa shape index (κ3) is 16.7. The number of likely N-dealkylation sites (tertiary alicyclic amines) is 1. The fourth-order valence-electron chi connectivity index (χ4n) is 4.00. The third-order valence-electron chi connectivity index (χ3n) is 6.49. The molecule has 0 aromatic carbocycles. The van der Waals surface area contributed by atoms with Crippen LogP contribution in [0.5, 0.6) is 0 Å². The van der Waals surface area contributed by atoms with Gasteiger partial charge in [-0.25, -0.2) is 14.4 Å². The minimum atomic E-state index is -0.627. The topological polar surface area (TPSA) is 120 Å². The molecule has 256 valence electrons. The van der Waals surface area contributed by atoms with Crippen molar-refractivity contribution in [2.24, 2.45) is 10.8 Å². The van der Waals surface area contributed by atoms with E-state index < -0.39 is 46.6 Å². The maximum Gasteiger partial charge on any atom is 0.411 e. The first kappa shape index (κ1) is 40.5. The number of hydrogen-bond acceptors (Lipinski definition) is 8. The van der Waals surface area contributed by atoms with Crippen LogP contribution in [0.2, 0.25) is 0 Å². The van der Waals surface area contributed by atoms with Crippen LogP contribution in [0.4, 0.5) is 9.59 Å². The van der Waals surface area contributed by atoms with Crippen LogP contribution in [0, 0.1) is 10.8 Å². The fraction of sp³-hybridized carbons (Fsp3) is 0.875. The van der Waals surface area contributed by atoms with Crippen molar-refractivity contribution in [3.8, 4) is 0 Å². The molecule has 1 saturated heterocycles. The summed E-state index contributed by atoms with van der Waals surface area (Å²) < 4.78 is 20.9. The Kier molecular flexibility index (Phi) is 14.1. The van der Waals surface area contributed by atoms with Gasteiger partial charge < -0.3 is 24.3 Å². The highest BCUT2D eigenvalue weighted by molar-refractivity contribution is 9.09. The van der Waals surface area contributed by atoms with E-state index >= 15 is 0 Å². The maximum atomic E-state index is 12.4. The Hall–Kier alpha value is -1.56. The lowest BCUT2D eigenvalue weighted by molar-refractivity contribution is -0.160. The Morgan fingerprint density at radius 1 is 0.705 bits per heavy atom. The molecule has 1 unspecified atom stereocenters. The van der Waals surface area contributed by atoms with Crippen LogP contribution in [0.25, 0.3) is 0 Å². The first-order valence-electron chi connectivity index (χ1n) is 15.3. The number of esters is 2. The number of alkyl halides is 2. The van der Waals surface area contributed by atoms with E-state index in [1.54, 1.807) is 46.4 Å². The molecule has 12 heteroatoms. The van der Waals surface area contributed by atoms with Gasteiger partial charge in [-0.2, -0.15) is 0 Å². The molecule has 2 aliphatic carbocycles. The summed E-state index contributed by atoms with van der Waals surface area (Å²) in [5.41, 5.74) is -1.44. The number of halogens is 2. The van der Waals surface area contributed by atoms with Crippen LogP contribution in [0.1, 0.15) is 115 Å². The summed E-state index contributed by atoms with van der Waals surface area (Å²) in [7, 11) is 0. The smallest absolute Gasteiger partial charge is 0.411 e. The predicted molar refractivity (Wildman–Crippen MR) is 178 cm³/mol. The molecule has 10 nitrogen and oxygen atoms in total. The number of ether oxygens (including phenoxy) is 4. The van der Waals surface area contributed by atoms with Gasteiger partial charge in [0.25, 0.3) is 0 Å². The SMILES string of the molecule is BrCC1(CBr)CC1.CC(C)(C)OC(=O)C1CC2(CC2)CN1C(=O)OC(C)(C)C.CC(C)(C)OC(=O)CNC(=O)OC(C)(C)C. The van der Waals surface area contributed by atoms with E-state index in [9.17, 15) is 19.2 Å². The van der Waals surface area contributed by atoms with Crippen LogP contribution in [-0.2, 0) is 28.5 Å². The molecule has 1 N–H and O–H groups in total. The molecule has 0 aromatic heterocycles. The van der Waals surface area contributed by atoms with Crippen molar-refractivity contribution in [2.75, 3.05) is 23.7 Å². The summed E-state index contributed by atoms with van der Waals surface area (Å²) in [5, 5.41) is 4.67. The van der Waals surface area contributed by atoms with E-state index in [1.165, 1.54) is 23.5 Å². The van der Waals surface area contributed by atoms with E-state index in [1.807, 2.05) is 41.5 Å². The zero-order valence-corrected chi connectivity index (χ0v) is 32.1. The highest BCUT2D eigenvalue weighted by Gasteiger charge is 2.56. The lowest BCUT2D eigenvalue weighted by Crippen LogP contribution is -2.45. The third-order valence-corrected chi connectivity index (χ3v) is 8.87. The highest BCUT2D eigenvalue weighted by Crippen LogP contribution is 2.55. The predicted octanol–water partition coefficient (Wildman–Crippen LogP) is 7.53. The largest absolute Gasteiger partial charge is 0.459 e. The Morgan fingerprint density at radius 2 is 1.16 bits per heavy atom. The summed E-state index contributed by atoms with van der Waals surface area (Å²) in [6, 6.07) is -0.512. The average Bonchev–Trinajstić information content (AvgIpc) is 3.71. The van der Waals surface area contributed by atoms with Gasteiger partial charge in [0.1, 0.15) is 35.0 Å². The molecule has 2 amide bonds. The zero-order chi connectivity index (χ0) is 34.4. The molecule has 3 aliphatic rings. The van der Waals surface area contributed by atoms with Crippen LogP contribution in [0.15, 0.2) is 0 Å². The van der Waals surface area contributed by atoms with E-state index in [0.717, 1.165) is 12.8 Å². The molecule has 1 heterocycles. The summed E-state index contributed by atoms with van der Waals surface area (Å²) in [6.07, 6.45) is 4.62. The van der Waals surface area contributed by atoms with Crippen molar-refractivity contribution in [3.63, 3.8) is 0 Å². The first-order chi connectivity index (χ1) is 19.7. The first-order valence-corrected chi connectivity index (χ1v) is 17.5. The Bertz CT molecular complexity index is 926. The van der Waals surface area contributed by atoms with Crippen molar-refractivity contribution < 1.29 is 38.1 Å². The molecule has 1 spiro atoms. The molecule has 1 atom stereocenters. The number of carbonyl (C=O) groups is 4. The molecule has 3 fully saturated rings. The van der Waals surface area contributed by atoms with Crippen molar-refractivity contribution in [2.45, 2.75) is 144 Å². The molecule has 0 bridgehead atoms. The number of nitrogens with one attached hydrogen (secondary N) is 1. The second kappa shape index (κ2) is 15.4. The Labute approximate surface area is 281 Å². The van der Waals surface area contributed by atoms with Gasteiger partial charge in [0.15, 0.2) is 0 Å². The number of carbonyl (C=O) groups excluding carboxylic acids is 4. The van der Waals surface area contributed by atoms with Crippen LogP contribution in [-0.4, -0.2) is 81.2 Å². The molecular formula is C32H56Br2N2O8. The minimum Gasteiger partial charge on any atom is -0.459 e. The quantitative estimate of drug-likeness (QED) is 0.174. The number of amides is 2. The van der Waals surface area contributed by atoms with Gasteiger partial charge in [-0.3, -0.25) is 9.69 Å². The van der Waals surface area contributed by atoms with Crippen molar-refractivity contribution >= 4 is 56.0 Å². The minimum absolute atomic E-state index is 0.123. The van der Waals surface area contributed by atoms with Crippen LogP contribution < -0.4 is 5.32 Å². The molecule has 1 aliphatic heterocycles. The van der Waals surface area contributed by atoms with Crippen LogP contribution in [0.3, 0.4) is 0 Å². The van der Waals surface area contributed by atoms with Gasteiger partial charge in [0, 0.05) is 17.2 Å². The summed E-state index contributed by atoms with van der Waals surface area (Å²) in [5.74, 6) is -0.810. The maximum absolute atomic E-state index is 12.4. The molecule has 0 radical (unpaired) electrons. The number of nitrogens with zero attached hydrogens (tertiary/aromatic N) is 1. The summed E-state index contributed by atoms with van der Waals surface area (Å²) in [6.45, 7) is 22.0. The van der Waals surface area contributed by atoms with Gasteiger partial charge in [-0.15, -0.1) is 0 Å². The molecule has 44 heavy (non-hydrogen) atoms. The molecule has 2 saturated carbocycles. The van der Waals surface area contributed by atoms with Crippen LogP contribution >= 0.6 is 31.9 Å². The second-order valence-corrected chi connectivity index (χ2v) is 17.2. The molecule has 0 aromatic rings. The van der Waals surface area contributed by atoms with E-state index in [-0.39, 0.29) is 17.9 Å². The normalized spacial score (nSPS) is 19.8. The second-order valence-electron chi connectivity index (χ2n) is 16.1. The van der Waals surface area contributed by atoms with Crippen molar-refractivity contribution in [3.05, 3.63) is 0 Å². The lowest BCUT2D eigenvalue weighted by atomic mass is 10.0. The zero-order valence-electron chi connectivity index (χ0n) is 28.9. The average molecular weight is 757 g/mol. The Morgan fingerprint density at radius 3 is 1.50 bits per heavy atom. The van der Waals surface area contributed by atoms with Gasteiger partial charge >= 0.3 is 24.1 Å². The van der Waals surface area contributed by atoms with Gasteiger partial charge in [-0.1, -0.05) is 31.9 Å². The van der Waals surface area contributed by atoms with Gasteiger partial charge in [-0.05, 0) is 126 Å². The fourth-order valence-corrected chi connectivity index (χ4v) is 6.05. The Balaban J connectivity index is 0.000000370. The van der Waals surface area contributed by atoms with Gasteiger partial charge in [0.05, 0.1) is 0 Å². The molecule has 3 rings (SSSR count). The number of alkyl carbamates (subject to hydrolysis) is 1. The van der Waals surface area contributed by atoms with E-state index in [4.69, 9.17) is 18.9 Å². The standard InChI is InChI=1S/C16H27NO4.C11H21NO4.C5H8Br2/c1-14(2,3)20-12(18)11-9-16(7-8-16)10-17(11)13(19)21-15(4,5)6;1-10(2,3)15-8(13)7-12-9(14)16-11(4,5)6;6-3-5(4-7)1-2-5/h11H,7-10H2,1-6H3;7H2,1-6H3,(H,12,14);1-4H2. The monoisotopic (exact) mass is 754 g/mol. The summed E-state index contributed by atoms with van der Waals surface area (Å²) in [4.78, 5) is 48.7. The summed E-state index contributed by atoms with van der Waals surface area (Å²) >= 11 is 6.93.